The first-order chi connectivity index (χ1) is 14.4. The van der Waals surface area contributed by atoms with Gasteiger partial charge in [0.15, 0.2) is 17.6 Å². The first-order valence-electron chi connectivity index (χ1n) is 9.20. The van der Waals surface area contributed by atoms with Crippen molar-refractivity contribution in [1.29, 1.82) is 0 Å². The Hall–Kier alpha value is -2.91. The minimum absolute atomic E-state index is 0.0653. The molecule has 1 N–H and O–H groups in total. The zero-order valence-corrected chi connectivity index (χ0v) is 18.3. The van der Waals surface area contributed by atoms with E-state index in [4.69, 9.17) is 21.1 Å². The maximum absolute atomic E-state index is 12.4. The molecule has 3 aromatic rings. The molecule has 0 saturated heterocycles. The van der Waals surface area contributed by atoms with Crippen LogP contribution in [-0.4, -0.2) is 33.2 Å². The highest BCUT2D eigenvalue weighted by Crippen LogP contribution is 2.26. The number of carbonyl (C=O) groups excluding carboxylic acids is 2. The lowest BCUT2D eigenvalue weighted by Crippen LogP contribution is -2.14. The van der Waals surface area contributed by atoms with E-state index in [0.717, 1.165) is 11.1 Å². The van der Waals surface area contributed by atoms with Gasteiger partial charge in [-0.15, -0.1) is 11.3 Å². The van der Waals surface area contributed by atoms with E-state index in [0.29, 0.717) is 28.2 Å². The topological polar surface area (TPSA) is 95.3 Å². The van der Waals surface area contributed by atoms with E-state index in [1.165, 1.54) is 16.0 Å². The predicted molar refractivity (Wildman–Crippen MR) is 114 cm³/mol. The van der Waals surface area contributed by atoms with E-state index in [1.807, 2.05) is 26.0 Å². The van der Waals surface area contributed by atoms with Gasteiger partial charge in [-0.25, -0.2) is 9.67 Å². The van der Waals surface area contributed by atoms with Crippen LogP contribution in [0.4, 0.5) is 5.13 Å². The summed E-state index contributed by atoms with van der Waals surface area (Å²) in [7, 11) is 0. The lowest BCUT2D eigenvalue weighted by atomic mass is 10.1. The maximum Gasteiger partial charge on any atom is 0.311 e. The van der Waals surface area contributed by atoms with Crippen LogP contribution in [0.2, 0.25) is 5.02 Å². The SMILES string of the molecule is CCOC(=O)Cc1csc(NC(=O)c2ccn(COc3cc(C)c(Cl)c(C)c3)n2)n1. The van der Waals surface area contributed by atoms with Crippen molar-refractivity contribution >= 4 is 39.9 Å². The number of nitrogens with one attached hydrogen (secondary N) is 1. The third-order valence-corrected chi connectivity index (χ3v) is 5.45. The van der Waals surface area contributed by atoms with Gasteiger partial charge in [-0.05, 0) is 50.1 Å². The molecule has 2 aromatic heterocycles. The van der Waals surface area contributed by atoms with Crippen LogP contribution in [-0.2, 0) is 22.7 Å². The average Bonchev–Trinajstić information content (AvgIpc) is 3.34. The molecule has 0 atom stereocenters. The van der Waals surface area contributed by atoms with Crippen molar-refractivity contribution < 1.29 is 19.1 Å². The second kappa shape index (κ2) is 9.73. The van der Waals surface area contributed by atoms with Gasteiger partial charge in [0.2, 0.25) is 0 Å². The number of rotatable bonds is 8. The summed E-state index contributed by atoms with van der Waals surface area (Å²) in [5.74, 6) is -0.0812. The first kappa shape index (κ1) is 21.8. The zero-order chi connectivity index (χ0) is 21.7. The van der Waals surface area contributed by atoms with Gasteiger partial charge in [-0.1, -0.05) is 11.6 Å². The van der Waals surface area contributed by atoms with E-state index in [9.17, 15) is 9.59 Å². The Kier molecular flexibility index (Phi) is 7.07. The summed E-state index contributed by atoms with van der Waals surface area (Å²) in [5, 5.41) is 9.70. The molecule has 3 rings (SSSR count). The standard InChI is InChI=1S/C20H21ClN4O4S/c1-4-28-17(26)9-14-10-30-20(22-14)23-19(27)16-5-6-25(24-16)11-29-15-7-12(2)18(21)13(3)8-15/h5-8,10H,4,9,11H2,1-3H3,(H,22,23,27). The van der Waals surface area contributed by atoms with Crippen LogP contribution in [0.1, 0.15) is 34.2 Å². The highest BCUT2D eigenvalue weighted by molar-refractivity contribution is 7.14. The minimum atomic E-state index is -0.399. The molecule has 0 aliphatic rings. The number of nitrogens with zero attached hydrogens (tertiary/aromatic N) is 3. The van der Waals surface area contributed by atoms with E-state index < -0.39 is 5.91 Å². The molecule has 0 saturated carbocycles. The second-order valence-corrected chi connectivity index (χ2v) is 7.70. The monoisotopic (exact) mass is 448 g/mol. The molecule has 2 heterocycles. The van der Waals surface area contributed by atoms with Crippen molar-refractivity contribution in [2.24, 2.45) is 0 Å². The van der Waals surface area contributed by atoms with E-state index in [2.05, 4.69) is 15.4 Å². The second-order valence-electron chi connectivity index (χ2n) is 6.46. The van der Waals surface area contributed by atoms with Crippen molar-refractivity contribution in [2.75, 3.05) is 11.9 Å². The summed E-state index contributed by atoms with van der Waals surface area (Å²) < 4.78 is 12.1. The molecule has 158 valence electrons. The van der Waals surface area contributed by atoms with Crippen molar-refractivity contribution in [1.82, 2.24) is 14.8 Å². The Morgan fingerprint density at radius 1 is 1.27 bits per heavy atom. The van der Waals surface area contributed by atoms with E-state index in [1.54, 1.807) is 24.6 Å². The third kappa shape index (κ3) is 5.58. The van der Waals surface area contributed by atoms with Crippen LogP contribution in [0.15, 0.2) is 29.8 Å². The van der Waals surface area contributed by atoms with Crippen LogP contribution >= 0.6 is 22.9 Å². The lowest BCUT2D eigenvalue weighted by Gasteiger charge is -2.10. The fourth-order valence-electron chi connectivity index (χ4n) is 2.65. The number of benzene rings is 1. The molecule has 0 unspecified atom stereocenters. The van der Waals surface area contributed by atoms with Crippen LogP contribution in [0.3, 0.4) is 0 Å². The molecular weight excluding hydrogens is 428 g/mol. The number of halogens is 1. The molecule has 0 radical (unpaired) electrons. The fourth-order valence-corrected chi connectivity index (χ4v) is 3.47. The normalized spacial score (nSPS) is 10.7. The molecule has 30 heavy (non-hydrogen) atoms. The fraction of sp³-hybridized carbons (Fsp3) is 0.300. The van der Waals surface area contributed by atoms with Gasteiger partial charge in [0.1, 0.15) is 5.75 Å². The van der Waals surface area contributed by atoms with Crippen LogP contribution in [0.5, 0.6) is 5.75 Å². The maximum atomic E-state index is 12.4. The molecule has 0 aliphatic heterocycles. The van der Waals surface area contributed by atoms with Crippen LogP contribution in [0, 0.1) is 13.8 Å². The molecule has 0 spiro atoms. The summed E-state index contributed by atoms with van der Waals surface area (Å²) in [6.45, 7) is 6.03. The Bertz CT molecular complexity index is 1040. The Labute approximate surface area is 182 Å². The zero-order valence-electron chi connectivity index (χ0n) is 16.8. The molecule has 8 nitrogen and oxygen atoms in total. The van der Waals surface area contributed by atoms with Crippen molar-refractivity contribution in [3.05, 3.63) is 57.3 Å². The number of aromatic nitrogens is 3. The quantitative estimate of drug-likeness (QED) is 0.523. The summed E-state index contributed by atoms with van der Waals surface area (Å²) in [6, 6.07) is 5.29. The molecule has 10 heteroatoms. The van der Waals surface area contributed by atoms with Gasteiger partial charge in [0.05, 0.1) is 18.7 Å². The molecule has 0 fully saturated rings. The highest BCUT2D eigenvalue weighted by Gasteiger charge is 2.14. The van der Waals surface area contributed by atoms with Crippen molar-refractivity contribution in [3.8, 4) is 5.75 Å². The smallest absolute Gasteiger partial charge is 0.311 e. The number of esters is 1. The number of hydrogen-bond donors (Lipinski definition) is 1. The number of ether oxygens (including phenoxy) is 2. The summed E-state index contributed by atoms with van der Waals surface area (Å²) in [4.78, 5) is 28.1. The average molecular weight is 449 g/mol. The van der Waals surface area contributed by atoms with E-state index >= 15 is 0 Å². The predicted octanol–water partition coefficient (Wildman–Crippen LogP) is 4.00. The van der Waals surface area contributed by atoms with Gasteiger partial charge < -0.3 is 9.47 Å². The number of thiazole rings is 1. The lowest BCUT2D eigenvalue weighted by molar-refractivity contribution is -0.142. The van der Waals surface area contributed by atoms with Gasteiger partial charge in [0.25, 0.3) is 5.91 Å². The highest BCUT2D eigenvalue weighted by atomic mass is 35.5. The summed E-state index contributed by atoms with van der Waals surface area (Å²) in [5.41, 5.74) is 2.63. The minimum Gasteiger partial charge on any atom is -0.471 e. The third-order valence-electron chi connectivity index (χ3n) is 4.05. The number of aryl methyl sites for hydroxylation is 2. The molecule has 0 bridgehead atoms. The van der Waals surface area contributed by atoms with Crippen LogP contribution < -0.4 is 10.1 Å². The summed E-state index contributed by atoms with van der Waals surface area (Å²) in [6.07, 6.45) is 1.72. The van der Waals surface area contributed by atoms with Gasteiger partial charge in [0, 0.05) is 16.6 Å². The number of anilines is 1. The largest absolute Gasteiger partial charge is 0.471 e. The summed E-state index contributed by atoms with van der Waals surface area (Å²) >= 11 is 7.40. The Balaban J connectivity index is 1.56. The molecule has 1 amide bonds. The van der Waals surface area contributed by atoms with Gasteiger partial charge in [-0.2, -0.15) is 5.10 Å². The Morgan fingerprint density at radius 3 is 2.70 bits per heavy atom. The van der Waals surface area contributed by atoms with E-state index in [-0.39, 0.29) is 24.8 Å². The number of carbonyl (C=O) groups is 2. The molecular formula is C20H21ClN4O4S. The number of amides is 1. The molecule has 0 aliphatic carbocycles. The Morgan fingerprint density at radius 2 is 2.00 bits per heavy atom. The van der Waals surface area contributed by atoms with Crippen LogP contribution in [0.25, 0.3) is 0 Å². The molecule has 1 aromatic carbocycles. The van der Waals surface area contributed by atoms with Gasteiger partial charge >= 0.3 is 5.97 Å². The first-order valence-corrected chi connectivity index (χ1v) is 10.5. The van der Waals surface area contributed by atoms with Gasteiger partial charge in [-0.3, -0.25) is 14.9 Å². The van der Waals surface area contributed by atoms with Crippen molar-refractivity contribution in [3.63, 3.8) is 0 Å². The van der Waals surface area contributed by atoms with Crippen molar-refractivity contribution in [2.45, 2.75) is 33.9 Å². The number of hydrogen-bond acceptors (Lipinski definition) is 7.